The molecule has 2 rings (SSSR count). The molecule has 0 radical (unpaired) electrons. The minimum atomic E-state index is -0.194. The van der Waals surface area contributed by atoms with E-state index in [1.165, 1.54) is 31.7 Å². The molecule has 0 unspecified atom stereocenters. The van der Waals surface area contributed by atoms with Crippen molar-refractivity contribution in [1.82, 2.24) is 4.90 Å². The molecule has 1 saturated heterocycles. The maximum Gasteiger partial charge on any atom is 0.123 e. The van der Waals surface area contributed by atoms with Gasteiger partial charge in [0.15, 0.2) is 0 Å². The highest BCUT2D eigenvalue weighted by Gasteiger charge is 2.19. The second-order valence-corrected chi connectivity index (χ2v) is 5.35. The first-order valence-corrected chi connectivity index (χ1v) is 6.95. The Balaban J connectivity index is 1.89. The van der Waals surface area contributed by atoms with Gasteiger partial charge in [0, 0.05) is 12.2 Å². The van der Waals surface area contributed by atoms with Gasteiger partial charge >= 0.3 is 0 Å². The largest absolute Gasteiger partial charge is 0.398 e. The molecule has 100 valence electrons. The van der Waals surface area contributed by atoms with E-state index in [9.17, 15) is 4.39 Å². The van der Waals surface area contributed by atoms with E-state index in [-0.39, 0.29) is 5.82 Å². The zero-order chi connectivity index (χ0) is 13.0. The molecule has 0 aliphatic carbocycles. The van der Waals surface area contributed by atoms with Crippen LogP contribution < -0.4 is 5.73 Å². The number of rotatable bonds is 4. The van der Waals surface area contributed by atoms with E-state index >= 15 is 0 Å². The van der Waals surface area contributed by atoms with Crippen LogP contribution in [0.25, 0.3) is 0 Å². The van der Waals surface area contributed by atoms with E-state index in [4.69, 9.17) is 5.73 Å². The number of anilines is 1. The van der Waals surface area contributed by atoms with Crippen LogP contribution in [0.5, 0.6) is 0 Å². The van der Waals surface area contributed by atoms with Crippen LogP contribution in [0, 0.1) is 11.7 Å². The number of likely N-dealkylation sites (tertiary alicyclic amines) is 1. The molecule has 1 fully saturated rings. The Morgan fingerprint density at radius 2 is 2.06 bits per heavy atom. The summed E-state index contributed by atoms with van der Waals surface area (Å²) in [4.78, 5) is 2.39. The van der Waals surface area contributed by atoms with Gasteiger partial charge < -0.3 is 5.73 Å². The lowest BCUT2D eigenvalue weighted by Crippen LogP contribution is -2.33. The monoisotopic (exact) mass is 250 g/mol. The summed E-state index contributed by atoms with van der Waals surface area (Å²) in [6, 6.07) is 4.65. The lowest BCUT2D eigenvalue weighted by Gasteiger charge is -2.32. The van der Waals surface area contributed by atoms with E-state index < -0.39 is 0 Å². The molecule has 0 spiro atoms. The molecule has 2 N–H and O–H groups in total. The number of hydrogen-bond donors (Lipinski definition) is 1. The van der Waals surface area contributed by atoms with Gasteiger partial charge in [0.25, 0.3) is 0 Å². The molecular weight excluding hydrogens is 227 g/mol. The van der Waals surface area contributed by atoms with Gasteiger partial charge in [-0.05, 0) is 55.6 Å². The summed E-state index contributed by atoms with van der Waals surface area (Å²) in [6.07, 6.45) is 5.16. The third kappa shape index (κ3) is 3.45. The number of piperidine rings is 1. The molecule has 2 nitrogen and oxygen atoms in total. The standard InChI is InChI=1S/C15H23FN2/c1-2-3-12-6-8-18(9-7-12)11-13-10-14(16)4-5-15(13)17/h4-5,10,12H,2-3,6-9,11,17H2,1H3. The van der Waals surface area contributed by atoms with Crippen LogP contribution in [0.3, 0.4) is 0 Å². The van der Waals surface area contributed by atoms with Crippen LogP contribution in [0.4, 0.5) is 10.1 Å². The van der Waals surface area contributed by atoms with Crippen LogP contribution >= 0.6 is 0 Å². The molecule has 1 heterocycles. The highest BCUT2D eigenvalue weighted by molar-refractivity contribution is 5.46. The van der Waals surface area contributed by atoms with Gasteiger partial charge in [-0.25, -0.2) is 4.39 Å². The number of hydrogen-bond acceptors (Lipinski definition) is 2. The van der Waals surface area contributed by atoms with Gasteiger partial charge in [0.2, 0.25) is 0 Å². The van der Waals surface area contributed by atoms with Gasteiger partial charge in [-0.2, -0.15) is 0 Å². The fraction of sp³-hybridized carbons (Fsp3) is 0.600. The lowest BCUT2D eigenvalue weighted by atomic mass is 9.92. The van der Waals surface area contributed by atoms with Crippen LogP contribution in [0.15, 0.2) is 18.2 Å². The molecule has 18 heavy (non-hydrogen) atoms. The summed E-state index contributed by atoms with van der Waals surface area (Å²) in [6.45, 7) is 5.25. The Bertz CT molecular complexity index is 384. The van der Waals surface area contributed by atoms with Crippen molar-refractivity contribution in [3.63, 3.8) is 0 Å². The van der Waals surface area contributed by atoms with E-state index in [0.717, 1.165) is 31.1 Å². The summed E-state index contributed by atoms with van der Waals surface area (Å²) in [7, 11) is 0. The number of nitrogens with two attached hydrogens (primary N) is 1. The third-order valence-corrected chi connectivity index (χ3v) is 3.90. The van der Waals surface area contributed by atoms with E-state index in [2.05, 4.69) is 11.8 Å². The van der Waals surface area contributed by atoms with Crippen molar-refractivity contribution in [1.29, 1.82) is 0 Å². The highest BCUT2D eigenvalue weighted by atomic mass is 19.1. The first-order chi connectivity index (χ1) is 8.69. The Morgan fingerprint density at radius 3 is 2.72 bits per heavy atom. The number of benzene rings is 1. The molecular formula is C15H23FN2. The molecule has 0 amide bonds. The Kier molecular flexibility index (Phi) is 4.59. The molecule has 1 aliphatic rings. The minimum Gasteiger partial charge on any atom is -0.398 e. The average Bonchev–Trinajstić information content (AvgIpc) is 2.37. The van der Waals surface area contributed by atoms with E-state index in [0.29, 0.717) is 5.69 Å². The first kappa shape index (κ1) is 13.3. The zero-order valence-electron chi connectivity index (χ0n) is 11.2. The van der Waals surface area contributed by atoms with Crippen LogP contribution in [0.2, 0.25) is 0 Å². The van der Waals surface area contributed by atoms with Crippen molar-refractivity contribution in [3.05, 3.63) is 29.6 Å². The summed E-state index contributed by atoms with van der Waals surface area (Å²) in [5.41, 5.74) is 7.51. The van der Waals surface area contributed by atoms with Crippen molar-refractivity contribution in [2.75, 3.05) is 18.8 Å². The van der Waals surface area contributed by atoms with Gasteiger partial charge in [-0.3, -0.25) is 4.90 Å². The maximum atomic E-state index is 13.2. The lowest BCUT2D eigenvalue weighted by molar-refractivity contribution is 0.172. The zero-order valence-corrected chi connectivity index (χ0v) is 11.2. The summed E-state index contributed by atoms with van der Waals surface area (Å²) >= 11 is 0. The van der Waals surface area contributed by atoms with Crippen LogP contribution in [0.1, 0.15) is 38.2 Å². The second-order valence-electron chi connectivity index (χ2n) is 5.35. The average molecular weight is 250 g/mol. The summed E-state index contributed by atoms with van der Waals surface area (Å²) in [5.74, 6) is 0.691. The highest BCUT2D eigenvalue weighted by Crippen LogP contribution is 2.24. The molecule has 3 heteroatoms. The fourth-order valence-corrected chi connectivity index (χ4v) is 2.79. The molecule has 1 aromatic carbocycles. The maximum absolute atomic E-state index is 13.2. The topological polar surface area (TPSA) is 29.3 Å². The van der Waals surface area contributed by atoms with Gasteiger partial charge in [-0.15, -0.1) is 0 Å². The van der Waals surface area contributed by atoms with Crippen LogP contribution in [-0.2, 0) is 6.54 Å². The number of nitrogen functional groups attached to an aromatic ring is 1. The number of nitrogens with zero attached hydrogens (tertiary/aromatic N) is 1. The van der Waals surface area contributed by atoms with Gasteiger partial charge in [-0.1, -0.05) is 19.8 Å². The van der Waals surface area contributed by atoms with E-state index in [1.54, 1.807) is 12.1 Å². The van der Waals surface area contributed by atoms with Crippen molar-refractivity contribution in [2.24, 2.45) is 5.92 Å². The molecule has 0 bridgehead atoms. The minimum absolute atomic E-state index is 0.194. The van der Waals surface area contributed by atoms with Crippen LogP contribution in [-0.4, -0.2) is 18.0 Å². The van der Waals surface area contributed by atoms with Gasteiger partial charge in [0.05, 0.1) is 0 Å². The smallest absolute Gasteiger partial charge is 0.123 e. The summed E-state index contributed by atoms with van der Waals surface area (Å²) in [5, 5.41) is 0. The predicted molar refractivity (Wildman–Crippen MR) is 73.7 cm³/mol. The second kappa shape index (κ2) is 6.19. The Morgan fingerprint density at radius 1 is 1.33 bits per heavy atom. The van der Waals surface area contributed by atoms with Crippen molar-refractivity contribution >= 4 is 5.69 Å². The van der Waals surface area contributed by atoms with Crippen molar-refractivity contribution in [3.8, 4) is 0 Å². The third-order valence-electron chi connectivity index (χ3n) is 3.90. The molecule has 0 saturated carbocycles. The molecule has 0 aromatic heterocycles. The molecule has 0 atom stereocenters. The fourth-order valence-electron chi connectivity index (χ4n) is 2.79. The SMILES string of the molecule is CCCC1CCN(Cc2cc(F)ccc2N)CC1. The molecule has 1 aromatic rings. The number of halogens is 1. The normalized spacial score (nSPS) is 18.1. The Labute approximate surface area is 109 Å². The summed E-state index contributed by atoms with van der Waals surface area (Å²) < 4.78 is 13.2. The van der Waals surface area contributed by atoms with Crippen molar-refractivity contribution in [2.45, 2.75) is 39.2 Å². The Hall–Kier alpha value is -1.09. The van der Waals surface area contributed by atoms with E-state index in [1.807, 2.05) is 0 Å². The quantitative estimate of drug-likeness (QED) is 0.830. The molecule has 1 aliphatic heterocycles. The first-order valence-electron chi connectivity index (χ1n) is 6.95. The van der Waals surface area contributed by atoms with Gasteiger partial charge in [0.1, 0.15) is 5.82 Å². The predicted octanol–water partition coefficient (Wildman–Crippen LogP) is 3.42. The van der Waals surface area contributed by atoms with Crippen molar-refractivity contribution < 1.29 is 4.39 Å².